The lowest BCUT2D eigenvalue weighted by atomic mass is 10.2. The van der Waals surface area contributed by atoms with Crippen LogP contribution in [0.3, 0.4) is 0 Å². The number of hydrogen-bond acceptors (Lipinski definition) is 4. The molecule has 0 atom stereocenters. The van der Waals surface area contributed by atoms with Gasteiger partial charge in [0.25, 0.3) is 11.1 Å². The second kappa shape index (κ2) is 7.31. The molecule has 1 aliphatic heterocycles. The minimum Gasteiger partial charge on any atom is -0.324 e. The maximum absolute atomic E-state index is 13.1. The van der Waals surface area contributed by atoms with E-state index in [2.05, 4.69) is 5.32 Å². The Morgan fingerprint density at radius 2 is 1.88 bits per heavy atom. The summed E-state index contributed by atoms with van der Waals surface area (Å²) in [6, 6.07) is 14.5. The highest BCUT2D eigenvalue weighted by Crippen LogP contribution is 2.32. The van der Waals surface area contributed by atoms with E-state index in [0.717, 1.165) is 28.3 Å². The van der Waals surface area contributed by atoms with Crippen LogP contribution in [0.2, 0.25) is 0 Å². The summed E-state index contributed by atoms with van der Waals surface area (Å²) in [5, 5.41) is 1.95. The minimum absolute atomic E-state index is 0.259. The molecule has 0 bridgehead atoms. The summed E-state index contributed by atoms with van der Waals surface area (Å²) in [6.45, 7) is -0.423. The van der Waals surface area contributed by atoms with Crippen LogP contribution in [0, 0.1) is 5.82 Å². The number of carbonyl (C=O) groups is 3. The van der Waals surface area contributed by atoms with E-state index in [1.54, 1.807) is 6.08 Å². The van der Waals surface area contributed by atoms with Gasteiger partial charge in [0.15, 0.2) is 0 Å². The van der Waals surface area contributed by atoms with Crippen molar-refractivity contribution in [3.05, 3.63) is 70.9 Å². The molecule has 1 N–H and O–H groups in total. The molecule has 0 saturated carbocycles. The minimum atomic E-state index is -0.575. The molecule has 0 aromatic heterocycles. The van der Waals surface area contributed by atoms with Gasteiger partial charge in [-0.05, 0) is 41.6 Å². The van der Waals surface area contributed by atoms with Crippen LogP contribution in [0.4, 0.5) is 14.9 Å². The normalized spacial score (nSPS) is 15.7. The first-order valence-electron chi connectivity index (χ1n) is 7.39. The Bertz CT molecular complexity index is 868. The monoisotopic (exact) mass is 356 g/mol. The van der Waals surface area contributed by atoms with Crippen molar-refractivity contribution in [3.8, 4) is 0 Å². The Kier molecular flexibility index (Phi) is 4.95. The van der Waals surface area contributed by atoms with Gasteiger partial charge in [-0.2, -0.15) is 0 Å². The molecule has 0 radical (unpaired) electrons. The highest BCUT2D eigenvalue weighted by molar-refractivity contribution is 8.18. The summed E-state index contributed by atoms with van der Waals surface area (Å²) >= 11 is 0.786. The zero-order chi connectivity index (χ0) is 17.8. The van der Waals surface area contributed by atoms with Gasteiger partial charge in [0, 0.05) is 5.69 Å². The molecule has 0 unspecified atom stereocenters. The number of halogens is 1. The molecule has 0 spiro atoms. The number of anilines is 1. The van der Waals surface area contributed by atoms with Gasteiger partial charge in [-0.25, -0.2) is 4.39 Å². The Morgan fingerprint density at radius 3 is 2.60 bits per heavy atom. The van der Waals surface area contributed by atoms with Crippen LogP contribution in [0.25, 0.3) is 6.08 Å². The maximum Gasteiger partial charge on any atom is 0.294 e. The lowest BCUT2D eigenvalue weighted by Crippen LogP contribution is -2.36. The predicted molar refractivity (Wildman–Crippen MR) is 94.1 cm³/mol. The van der Waals surface area contributed by atoms with Gasteiger partial charge in [0.05, 0.1) is 4.91 Å². The summed E-state index contributed by atoms with van der Waals surface area (Å²) in [5.74, 6) is -1.59. The third-order valence-corrected chi connectivity index (χ3v) is 4.29. The lowest BCUT2D eigenvalue weighted by Gasteiger charge is -2.12. The maximum atomic E-state index is 13.1. The van der Waals surface area contributed by atoms with Crippen LogP contribution in [0.5, 0.6) is 0 Å². The van der Waals surface area contributed by atoms with Crippen molar-refractivity contribution in [3.63, 3.8) is 0 Å². The van der Waals surface area contributed by atoms with Crippen molar-refractivity contribution < 1.29 is 18.8 Å². The predicted octanol–water partition coefficient (Wildman–Crippen LogP) is 3.50. The van der Waals surface area contributed by atoms with Crippen LogP contribution in [-0.4, -0.2) is 28.5 Å². The number of imide groups is 1. The first-order chi connectivity index (χ1) is 12.0. The third kappa shape index (κ3) is 4.13. The molecule has 1 fully saturated rings. The Hall–Kier alpha value is -2.93. The Balaban J connectivity index is 1.68. The molecule has 0 aliphatic carbocycles. The molecular weight excluding hydrogens is 343 g/mol. The van der Waals surface area contributed by atoms with Crippen molar-refractivity contribution in [1.82, 2.24) is 4.90 Å². The number of rotatable bonds is 4. The first-order valence-corrected chi connectivity index (χ1v) is 8.20. The van der Waals surface area contributed by atoms with E-state index in [1.165, 1.54) is 18.2 Å². The molecular formula is C18H13FN2O3S. The van der Waals surface area contributed by atoms with E-state index in [9.17, 15) is 18.8 Å². The summed E-state index contributed by atoms with van der Waals surface area (Å²) in [7, 11) is 0. The van der Waals surface area contributed by atoms with Gasteiger partial charge in [0.1, 0.15) is 12.4 Å². The van der Waals surface area contributed by atoms with Crippen molar-refractivity contribution in [2.24, 2.45) is 0 Å². The van der Waals surface area contributed by atoms with Crippen molar-refractivity contribution in [1.29, 1.82) is 0 Å². The lowest BCUT2D eigenvalue weighted by molar-refractivity contribution is -0.127. The largest absolute Gasteiger partial charge is 0.324 e. The summed E-state index contributed by atoms with van der Waals surface area (Å²) < 4.78 is 13.1. The van der Waals surface area contributed by atoms with E-state index in [0.29, 0.717) is 0 Å². The number of nitrogens with one attached hydrogen (secondary N) is 1. The number of amides is 3. The van der Waals surface area contributed by atoms with Crippen LogP contribution in [0.1, 0.15) is 5.56 Å². The Morgan fingerprint density at radius 1 is 1.12 bits per heavy atom. The molecule has 1 saturated heterocycles. The van der Waals surface area contributed by atoms with Crippen molar-refractivity contribution >= 4 is 40.6 Å². The quantitative estimate of drug-likeness (QED) is 0.852. The average molecular weight is 356 g/mol. The van der Waals surface area contributed by atoms with Crippen LogP contribution in [-0.2, 0) is 9.59 Å². The average Bonchev–Trinajstić information content (AvgIpc) is 2.83. The molecule has 2 aromatic carbocycles. The van der Waals surface area contributed by atoms with E-state index >= 15 is 0 Å². The van der Waals surface area contributed by atoms with E-state index < -0.39 is 29.4 Å². The molecule has 1 aliphatic rings. The molecule has 126 valence electrons. The SMILES string of the molecule is O=C(CN1C(=O)S/C(=C/c2ccccc2)C1=O)Nc1cccc(F)c1. The fraction of sp³-hybridized carbons (Fsp3) is 0.0556. The highest BCUT2D eigenvalue weighted by Gasteiger charge is 2.36. The van der Waals surface area contributed by atoms with Crippen molar-refractivity contribution in [2.45, 2.75) is 0 Å². The summed E-state index contributed by atoms with van der Waals surface area (Å²) in [6.07, 6.45) is 1.61. The number of benzene rings is 2. The molecule has 1 heterocycles. The van der Waals surface area contributed by atoms with E-state index in [1.807, 2.05) is 30.3 Å². The fourth-order valence-corrected chi connectivity index (χ4v) is 3.09. The summed E-state index contributed by atoms with van der Waals surface area (Å²) in [5.41, 5.74) is 1.05. The molecule has 25 heavy (non-hydrogen) atoms. The second-order valence-electron chi connectivity index (χ2n) is 5.24. The zero-order valence-electron chi connectivity index (χ0n) is 12.9. The molecule has 3 amide bonds. The van der Waals surface area contributed by atoms with Gasteiger partial charge in [-0.1, -0.05) is 36.4 Å². The summed E-state index contributed by atoms with van der Waals surface area (Å²) in [4.78, 5) is 37.5. The molecule has 5 nitrogen and oxygen atoms in total. The van der Waals surface area contributed by atoms with Crippen LogP contribution >= 0.6 is 11.8 Å². The zero-order valence-corrected chi connectivity index (χ0v) is 13.8. The fourth-order valence-electron chi connectivity index (χ4n) is 2.25. The molecule has 7 heteroatoms. The smallest absolute Gasteiger partial charge is 0.294 e. The van der Waals surface area contributed by atoms with Crippen LogP contribution in [0.15, 0.2) is 59.5 Å². The van der Waals surface area contributed by atoms with E-state index in [4.69, 9.17) is 0 Å². The third-order valence-electron chi connectivity index (χ3n) is 3.38. The van der Waals surface area contributed by atoms with Gasteiger partial charge in [-0.3, -0.25) is 19.3 Å². The topological polar surface area (TPSA) is 66.5 Å². The molecule has 2 aromatic rings. The standard InChI is InChI=1S/C18H13FN2O3S/c19-13-7-4-8-14(10-13)20-16(22)11-21-17(23)15(25-18(21)24)9-12-5-2-1-3-6-12/h1-10H,11H2,(H,20,22)/b15-9+. The Labute approximate surface area is 147 Å². The van der Waals surface area contributed by atoms with Gasteiger partial charge in [-0.15, -0.1) is 0 Å². The van der Waals surface area contributed by atoms with E-state index in [-0.39, 0.29) is 10.6 Å². The first kappa shape index (κ1) is 16.9. The number of nitrogens with zero attached hydrogens (tertiary/aromatic N) is 1. The van der Waals surface area contributed by atoms with Crippen LogP contribution < -0.4 is 5.32 Å². The van der Waals surface area contributed by atoms with Gasteiger partial charge in [0.2, 0.25) is 5.91 Å². The molecule has 3 rings (SSSR count). The second-order valence-corrected chi connectivity index (χ2v) is 6.23. The highest BCUT2D eigenvalue weighted by atomic mass is 32.2. The van der Waals surface area contributed by atoms with Gasteiger partial charge >= 0.3 is 0 Å². The van der Waals surface area contributed by atoms with Gasteiger partial charge < -0.3 is 5.32 Å². The number of hydrogen-bond donors (Lipinski definition) is 1. The number of carbonyl (C=O) groups excluding carboxylic acids is 3. The number of thioether (sulfide) groups is 1. The van der Waals surface area contributed by atoms with Crippen molar-refractivity contribution in [2.75, 3.05) is 11.9 Å².